The Hall–Kier alpha value is -3.30. The van der Waals surface area contributed by atoms with Gasteiger partial charge in [0.15, 0.2) is 11.5 Å². The Morgan fingerprint density at radius 1 is 0.919 bits per heavy atom. The van der Waals surface area contributed by atoms with E-state index in [-0.39, 0.29) is 18.4 Å². The zero-order valence-electron chi connectivity index (χ0n) is 21.4. The van der Waals surface area contributed by atoms with Crippen LogP contribution in [0.3, 0.4) is 0 Å². The van der Waals surface area contributed by atoms with Gasteiger partial charge in [-0.1, -0.05) is 22.0 Å². The number of methoxy groups -OCH3 is 3. The first-order valence-corrected chi connectivity index (χ1v) is 12.8. The predicted octanol–water partition coefficient (Wildman–Crippen LogP) is 4.81. The van der Waals surface area contributed by atoms with E-state index in [1.807, 2.05) is 36.4 Å². The van der Waals surface area contributed by atoms with Crippen LogP contribution < -0.4 is 9.47 Å². The fourth-order valence-corrected chi connectivity index (χ4v) is 4.14. The fourth-order valence-electron chi connectivity index (χ4n) is 3.87. The first kappa shape index (κ1) is 28.3. The Kier molecular flexibility index (Phi) is 11.0. The van der Waals surface area contributed by atoms with E-state index in [2.05, 4.69) is 15.9 Å². The molecule has 0 saturated carbocycles. The maximum Gasteiger partial charge on any atom is 0.254 e. The second-order valence-electron chi connectivity index (χ2n) is 8.41. The Labute approximate surface area is 226 Å². The number of halogens is 1. The SMILES string of the molecule is COCCCN(CC(=O)N(CCc1ccc(OC)c(OC)c1)Cc1ccco1)C(=O)c1ccc(Br)cc1. The maximum atomic E-state index is 13.6. The van der Waals surface area contributed by atoms with Gasteiger partial charge in [0, 0.05) is 36.8 Å². The highest BCUT2D eigenvalue weighted by molar-refractivity contribution is 9.10. The second kappa shape index (κ2) is 14.4. The number of furan rings is 1. The minimum Gasteiger partial charge on any atom is -0.493 e. The molecule has 0 fully saturated rings. The molecule has 1 heterocycles. The lowest BCUT2D eigenvalue weighted by Crippen LogP contribution is -2.44. The number of carbonyl (C=O) groups is 2. The van der Waals surface area contributed by atoms with E-state index in [9.17, 15) is 9.59 Å². The maximum absolute atomic E-state index is 13.6. The van der Waals surface area contributed by atoms with Crippen molar-refractivity contribution in [2.45, 2.75) is 19.4 Å². The molecular formula is C28H33BrN2O6. The van der Waals surface area contributed by atoms with E-state index in [1.165, 1.54) is 0 Å². The van der Waals surface area contributed by atoms with Gasteiger partial charge in [-0.05, 0) is 66.9 Å². The molecule has 9 heteroatoms. The van der Waals surface area contributed by atoms with Gasteiger partial charge in [0.2, 0.25) is 5.91 Å². The summed E-state index contributed by atoms with van der Waals surface area (Å²) < 4.78 is 22.3. The molecule has 0 aliphatic rings. The van der Waals surface area contributed by atoms with Crippen molar-refractivity contribution in [2.75, 3.05) is 47.6 Å². The van der Waals surface area contributed by atoms with Gasteiger partial charge >= 0.3 is 0 Å². The van der Waals surface area contributed by atoms with E-state index in [4.69, 9.17) is 18.6 Å². The van der Waals surface area contributed by atoms with Gasteiger partial charge in [-0.2, -0.15) is 0 Å². The lowest BCUT2D eigenvalue weighted by molar-refractivity contribution is -0.132. The van der Waals surface area contributed by atoms with Crippen LogP contribution in [0.25, 0.3) is 0 Å². The molecule has 0 saturated heterocycles. The molecule has 0 aliphatic carbocycles. The zero-order chi connectivity index (χ0) is 26.6. The summed E-state index contributed by atoms with van der Waals surface area (Å²) in [5, 5.41) is 0. The van der Waals surface area contributed by atoms with E-state index >= 15 is 0 Å². The third-order valence-electron chi connectivity index (χ3n) is 5.88. The Morgan fingerprint density at radius 3 is 2.32 bits per heavy atom. The number of amides is 2. The molecule has 198 valence electrons. The lowest BCUT2D eigenvalue weighted by atomic mass is 10.1. The number of rotatable bonds is 14. The molecular weight excluding hydrogens is 540 g/mol. The van der Waals surface area contributed by atoms with E-state index in [0.29, 0.717) is 61.9 Å². The standard InChI is InChI=1S/C28H33BrN2O6/c1-34-16-5-14-31(28(33)22-8-10-23(29)11-9-22)20-27(32)30(19-24-6-4-17-37-24)15-13-21-7-12-25(35-2)26(18-21)36-3/h4,6-12,17-18H,5,13-16,19-20H2,1-3H3. The third-order valence-corrected chi connectivity index (χ3v) is 6.41. The van der Waals surface area contributed by atoms with Crippen LogP contribution in [-0.4, -0.2) is 69.2 Å². The Bertz CT molecular complexity index is 1130. The highest BCUT2D eigenvalue weighted by atomic mass is 79.9. The summed E-state index contributed by atoms with van der Waals surface area (Å²) in [5.41, 5.74) is 1.52. The van der Waals surface area contributed by atoms with Gasteiger partial charge in [0.05, 0.1) is 27.0 Å². The van der Waals surface area contributed by atoms with Crippen molar-refractivity contribution in [3.63, 3.8) is 0 Å². The summed E-state index contributed by atoms with van der Waals surface area (Å²) in [5.74, 6) is 1.58. The number of nitrogens with zero attached hydrogens (tertiary/aromatic N) is 2. The van der Waals surface area contributed by atoms with Gasteiger partial charge in [0.1, 0.15) is 12.3 Å². The molecule has 0 N–H and O–H groups in total. The summed E-state index contributed by atoms with van der Waals surface area (Å²) in [6, 6.07) is 16.5. The van der Waals surface area contributed by atoms with E-state index < -0.39 is 0 Å². The van der Waals surface area contributed by atoms with Crippen molar-refractivity contribution < 1.29 is 28.2 Å². The smallest absolute Gasteiger partial charge is 0.254 e. The predicted molar refractivity (Wildman–Crippen MR) is 144 cm³/mol. The summed E-state index contributed by atoms with van der Waals surface area (Å²) in [4.78, 5) is 30.1. The molecule has 2 aromatic carbocycles. The Morgan fingerprint density at radius 2 is 1.68 bits per heavy atom. The average molecular weight is 573 g/mol. The van der Waals surface area contributed by atoms with Gasteiger partial charge in [0.25, 0.3) is 5.91 Å². The van der Waals surface area contributed by atoms with Crippen LogP contribution in [0, 0.1) is 0 Å². The molecule has 3 aromatic rings. The van der Waals surface area contributed by atoms with E-state index in [1.54, 1.807) is 55.6 Å². The van der Waals surface area contributed by atoms with Gasteiger partial charge in [-0.25, -0.2) is 0 Å². The third kappa shape index (κ3) is 8.36. The molecule has 0 aliphatic heterocycles. The molecule has 0 spiro atoms. The molecule has 0 bridgehead atoms. The molecule has 37 heavy (non-hydrogen) atoms. The molecule has 8 nitrogen and oxygen atoms in total. The summed E-state index contributed by atoms with van der Waals surface area (Å²) in [6.07, 6.45) is 2.80. The highest BCUT2D eigenvalue weighted by Crippen LogP contribution is 2.28. The van der Waals surface area contributed by atoms with Crippen molar-refractivity contribution in [3.05, 3.63) is 82.2 Å². The van der Waals surface area contributed by atoms with Crippen molar-refractivity contribution in [1.82, 2.24) is 9.80 Å². The van der Waals surface area contributed by atoms with Crippen LogP contribution in [0.2, 0.25) is 0 Å². The van der Waals surface area contributed by atoms with Crippen molar-refractivity contribution in [3.8, 4) is 11.5 Å². The normalized spacial score (nSPS) is 10.7. The average Bonchev–Trinajstić information content (AvgIpc) is 3.43. The van der Waals surface area contributed by atoms with Gasteiger partial charge in [-0.15, -0.1) is 0 Å². The minimum atomic E-state index is -0.199. The first-order valence-electron chi connectivity index (χ1n) is 12.0. The van der Waals surface area contributed by atoms with Crippen molar-refractivity contribution >= 4 is 27.7 Å². The molecule has 0 radical (unpaired) electrons. The molecule has 3 rings (SSSR count). The first-order chi connectivity index (χ1) is 17.9. The quantitative estimate of drug-likeness (QED) is 0.258. The fraction of sp³-hybridized carbons (Fsp3) is 0.357. The summed E-state index contributed by atoms with van der Waals surface area (Å²) in [7, 11) is 4.80. The van der Waals surface area contributed by atoms with Crippen LogP contribution in [0.15, 0.2) is 69.8 Å². The molecule has 1 aromatic heterocycles. The van der Waals surface area contributed by atoms with Gasteiger partial charge < -0.3 is 28.4 Å². The zero-order valence-corrected chi connectivity index (χ0v) is 23.0. The van der Waals surface area contributed by atoms with Crippen LogP contribution >= 0.6 is 15.9 Å². The number of ether oxygens (including phenoxy) is 3. The number of benzene rings is 2. The summed E-state index contributed by atoms with van der Waals surface area (Å²) >= 11 is 3.40. The van der Waals surface area contributed by atoms with Crippen LogP contribution in [-0.2, 0) is 22.5 Å². The van der Waals surface area contributed by atoms with Crippen molar-refractivity contribution in [2.24, 2.45) is 0 Å². The van der Waals surface area contributed by atoms with Crippen LogP contribution in [0.5, 0.6) is 11.5 Å². The largest absolute Gasteiger partial charge is 0.493 e. The summed E-state index contributed by atoms with van der Waals surface area (Å²) in [6.45, 7) is 1.59. The van der Waals surface area contributed by atoms with Crippen molar-refractivity contribution in [1.29, 1.82) is 0 Å². The number of hydrogen-bond acceptors (Lipinski definition) is 6. The number of hydrogen-bond donors (Lipinski definition) is 0. The minimum absolute atomic E-state index is 0.0503. The van der Waals surface area contributed by atoms with Crippen LogP contribution in [0.4, 0.5) is 0 Å². The highest BCUT2D eigenvalue weighted by Gasteiger charge is 2.23. The second-order valence-corrected chi connectivity index (χ2v) is 9.33. The number of carbonyl (C=O) groups excluding carboxylic acids is 2. The van der Waals surface area contributed by atoms with Crippen LogP contribution in [0.1, 0.15) is 28.1 Å². The monoisotopic (exact) mass is 572 g/mol. The van der Waals surface area contributed by atoms with Gasteiger partial charge in [-0.3, -0.25) is 9.59 Å². The lowest BCUT2D eigenvalue weighted by Gasteiger charge is -2.27. The van der Waals surface area contributed by atoms with E-state index in [0.717, 1.165) is 10.0 Å². The topological polar surface area (TPSA) is 81.5 Å². The molecule has 2 amide bonds. The molecule has 0 unspecified atom stereocenters. The Balaban J connectivity index is 1.76. The molecule has 0 atom stereocenters.